The van der Waals surface area contributed by atoms with E-state index in [1.54, 1.807) is 6.26 Å². The van der Waals surface area contributed by atoms with Crippen LogP contribution in [-0.4, -0.2) is 36.2 Å². The Kier molecular flexibility index (Phi) is 5.40. The van der Waals surface area contributed by atoms with Crippen molar-refractivity contribution in [3.05, 3.63) is 24.2 Å². The number of hydrogen-bond acceptors (Lipinski definition) is 4. The Morgan fingerprint density at radius 3 is 2.87 bits per heavy atom. The van der Waals surface area contributed by atoms with E-state index >= 15 is 0 Å². The average molecular weight is 322 g/mol. The summed E-state index contributed by atoms with van der Waals surface area (Å²) in [6.07, 6.45) is 3.60. The van der Waals surface area contributed by atoms with Crippen molar-refractivity contribution in [1.29, 1.82) is 0 Å². The molecule has 0 radical (unpaired) electrons. The second-order valence-electron chi connectivity index (χ2n) is 7.93. The molecule has 1 aliphatic rings. The van der Waals surface area contributed by atoms with Crippen LogP contribution in [0.15, 0.2) is 22.8 Å². The molecule has 130 valence electrons. The molecular formula is C18H30N2O3. The van der Waals surface area contributed by atoms with Gasteiger partial charge in [-0.05, 0) is 58.1 Å². The monoisotopic (exact) mass is 322 g/mol. The molecule has 2 atom stereocenters. The van der Waals surface area contributed by atoms with E-state index in [0.29, 0.717) is 0 Å². The summed E-state index contributed by atoms with van der Waals surface area (Å²) >= 11 is 0. The van der Waals surface area contributed by atoms with Crippen LogP contribution in [0.2, 0.25) is 0 Å². The number of nitrogens with zero attached hydrogens (tertiary/aromatic N) is 1. The normalized spacial score (nSPS) is 23.6. The van der Waals surface area contributed by atoms with Crippen LogP contribution in [0.3, 0.4) is 0 Å². The van der Waals surface area contributed by atoms with Gasteiger partial charge in [-0.2, -0.15) is 0 Å². The van der Waals surface area contributed by atoms with Crippen LogP contribution in [0.4, 0.5) is 4.79 Å². The Bertz CT molecular complexity index is 507. The number of amides is 1. The number of nitrogens with one attached hydrogen (secondary N) is 1. The zero-order valence-corrected chi connectivity index (χ0v) is 15.0. The molecule has 1 fully saturated rings. The average Bonchev–Trinajstić information content (AvgIpc) is 2.97. The molecule has 5 nitrogen and oxygen atoms in total. The van der Waals surface area contributed by atoms with Crippen molar-refractivity contribution in [2.24, 2.45) is 5.41 Å². The molecule has 23 heavy (non-hydrogen) atoms. The Hall–Kier alpha value is -1.49. The number of ether oxygens (including phenoxy) is 1. The molecule has 1 saturated heterocycles. The molecule has 1 aromatic heterocycles. The molecule has 2 rings (SSSR count). The number of carbonyl (C=O) groups is 1. The third-order valence-corrected chi connectivity index (χ3v) is 4.24. The first kappa shape index (κ1) is 17.9. The zero-order chi connectivity index (χ0) is 17.1. The molecule has 2 unspecified atom stereocenters. The minimum atomic E-state index is -0.447. The number of rotatable bonds is 4. The van der Waals surface area contributed by atoms with Crippen LogP contribution in [0.5, 0.6) is 0 Å². The highest BCUT2D eigenvalue weighted by molar-refractivity contribution is 5.68. The Morgan fingerprint density at radius 1 is 1.52 bits per heavy atom. The van der Waals surface area contributed by atoms with Crippen molar-refractivity contribution in [2.45, 2.75) is 59.1 Å². The van der Waals surface area contributed by atoms with E-state index in [4.69, 9.17) is 9.15 Å². The highest BCUT2D eigenvalue weighted by Gasteiger charge is 2.35. The van der Waals surface area contributed by atoms with Crippen LogP contribution in [0.1, 0.15) is 59.3 Å². The first-order valence-corrected chi connectivity index (χ1v) is 8.43. The standard InChI is InChI=1S/C18H30N2O3/c1-14(15-8-6-11-22-15)19-12-18(5)9-7-10-20(13-18)16(21)23-17(2,3)4/h6,8,11,14,19H,7,9-10,12-13H2,1-5H3. The minimum Gasteiger partial charge on any atom is -0.468 e. The molecule has 5 heteroatoms. The van der Waals surface area contributed by atoms with E-state index in [9.17, 15) is 4.79 Å². The lowest BCUT2D eigenvalue weighted by Crippen LogP contribution is -2.50. The number of likely N-dealkylation sites (tertiary alicyclic amines) is 1. The SMILES string of the molecule is CC(NCC1(C)CCCN(C(=O)OC(C)(C)C)C1)c1ccco1. The maximum Gasteiger partial charge on any atom is 0.410 e. The number of carbonyl (C=O) groups excluding carboxylic acids is 1. The molecule has 0 aliphatic carbocycles. The predicted octanol–water partition coefficient (Wildman–Crippen LogP) is 3.97. The van der Waals surface area contributed by atoms with Gasteiger partial charge in [0.05, 0.1) is 12.3 Å². The third kappa shape index (κ3) is 5.27. The molecule has 1 N–H and O–H groups in total. The van der Waals surface area contributed by atoms with E-state index in [1.807, 2.05) is 37.8 Å². The lowest BCUT2D eigenvalue weighted by atomic mass is 9.81. The van der Waals surface area contributed by atoms with Gasteiger partial charge in [0, 0.05) is 19.6 Å². The summed E-state index contributed by atoms with van der Waals surface area (Å²) in [5.74, 6) is 0.938. The second-order valence-corrected chi connectivity index (χ2v) is 7.93. The van der Waals surface area contributed by atoms with Crippen molar-refractivity contribution < 1.29 is 13.9 Å². The van der Waals surface area contributed by atoms with Gasteiger partial charge in [0.2, 0.25) is 0 Å². The first-order chi connectivity index (χ1) is 10.7. The maximum absolute atomic E-state index is 12.3. The molecule has 0 aromatic carbocycles. The van der Waals surface area contributed by atoms with Crippen LogP contribution in [0, 0.1) is 5.41 Å². The number of hydrogen-bond donors (Lipinski definition) is 1. The van der Waals surface area contributed by atoms with Gasteiger partial charge in [0.25, 0.3) is 0 Å². The second kappa shape index (κ2) is 6.95. The highest BCUT2D eigenvalue weighted by Crippen LogP contribution is 2.30. The van der Waals surface area contributed by atoms with E-state index in [-0.39, 0.29) is 17.6 Å². The minimum absolute atomic E-state index is 0.0516. The molecule has 1 amide bonds. The van der Waals surface area contributed by atoms with Crippen LogP contribution in [-0.2, 0) is 4.74 Å². The summed E-state index contributed by atoms with van der Waals surface area (Å²) in [7, 11) is 0. The highest BCUT2D eigenvalue weighted by atomic mass is 16.6. The zero-order valence-electron chi connectivity index (χ0n) is 15.0. The summed E-state index contributed by atoms with van der Waals surface area (Å²) in [6, 6.07) is 4.05. The van der Waals surface area contributed by atoms with E-state index in [0.717, 1.165) is 38.2 Å². The van der Waals surface area contributed by atoms with Gasteiger partial charge in [-0.1, -0.05) is 6.92 Å². The lowest BCUT2D eigenvalue weighted by molar-refractivity contribution is 0.00644. The van der Waals surface area contributed by atoms with Gasteiger partial charge in [-0.25, -0.2) is 4.79 Å². The summed E-state index contributed by atoms with van der Waals surface area (Å²) < 4.78 is 10.9. The van der Waals surface area contributed by atoms with Crippen LogP contribution in [0.25, 0.3) is 0 Å². The summed E-state index contributed by atoms with van der Waals surface area (Å²) in [6.45, 7) is 12.4. The smallest absolute Gasteiger partial charge is 0.410 e. The molecule has 1 aliphatic heterocycles. The van der Waals surface area contributed by atoms with Crippen molar-refractivity contribution in [3.8, 4) is 0 Å². The summed E-state index contributed by atoms with van der Waals surface area (Å²) in [4.78, 5) is 14.1. The fraction of sp³-hybridized carbons (Fsp3) is 0.722. The van der Waals surface area contributed by atoms with E-state index in [2.05, 4.69) is 19.2 Å². The van der Waals surface area contributed by atoms with Gasteiger partial charge in [-0.15, -0.1) is 0 Å². The predicted molar refractivity (Wildman–Crippen MR) is 90.3 cm³/mol. The molecule has 0 spiro atoms. The van der Waals surface area contributed by atoms with E-state index in [1.165, 1.54) is 0 Å². The Labute approximate surface area is 139 Å². The number of piperidine rings is 1. The summed E-state index contributed by atoms with van der Waals surface area (Å²) in [5.41, 5.74) is -0.396. The van der Waals surface area contributed by atoms with Gasteiger partial charge in [0.15, 0.2) is 0 Å². The molecule has 1 aromatic rings. The van der Waals surface area contributed by atoms with Crippen LogP contribution < -0.4 is 5.32 Å². The molecular weight excluding hydrogens is 292 g/mol. The van der Waals surface area contributed by atoms with Gasteiger partial charge in [-0.3, -0.25) is 0 Å². The Morgan fingerprint density at radius 2 is 2.26 bits per heavy atom. The van der Waals surface area contributed by atoms with E-state index < -0.39 is 5.60 Å². The number of furan rings is 1. The lowest BCUT2D eigenvalue weighted by Gasteiger charge is -2.41. The van der Waals surface area contributed by atoms with Gasteiger partial charge < -0.3 is 19.4 Å². The van der Waals surface area contributed by atoms with Crippen molar-refractivity contribution in [1.82, 2.24) is 10.2 Å². The quantitative estimate of drug-likeness (QED) is 0.911. The fourth-order valence-electron chi connectivity index (χ4n) is 2.98. The van der Waals surface area contributed by atoms with Crippen molar-refractivity contribution >= 4 is 6.09 Å². The van der Waals surface area contributed by atoms with Crippen molar-refractivity contribution in [3.63, 3.8) is 0 Å². The molecule has 0 saturated carbocycles. The maximum atomic E-state index is 12.3. The largest absolute Gasteiger partial charge is 0.468 e. The molecule has 0 bridgehead atoms. The molecule has 2 heterocycles. The third-order valence-electron chi connectivity index (χ3n) is 4.24. The summed E-state index contributed by atoms with van der Waals surface area (Å²) in [5, 5.41) is 3.53. The van der Waals surface area contributed by atoms with Gasteiger partial charge in [0.1, 0.15) is 11.4 Å². The topological polar surface area (TPSA) is 54.7 Å². The first-order valence-electron chi connectivity index (χ1n) is 8.43. The fourth-order valence-corrected chi connectivity index (χ4v) is 2.98. The van der Waals surface area contributed by atoms with Crippen molar-refractivity contribution in [2.75, 3.05) is 19.6 Å². The van der Waals surface area contributed by atoms with Gasteiger partial charge >= 0.3 is 6.09 Å². The van der Waals surface area contributed by atoms with Crippen LogP contribution >= 0.6 is 0 Å². The Balaban J connectivity index is 1.89.